The van der Waals surface area contributed by atoms with Crippen LogP contribution in [0.5, 0.6) is 0 Å². The normalized spacial score (nSPS) is 13.4. The van der Waals surface area contributed by atoms with Crippen LogP contribution in [0.4, 0.5) is 105 Å². The topological polar surface area (TPSA) is 0 Å². The third kappa shape index (κ3) is 19.1. The van der Waals surface area contributed by atoms with Crippen LogP contribution in [0.3, 0.4) is 0 Å². The zero-order valence-corrected chi connectivity index (χ0v) is 58.4. The van der Waals surface area contributed by atoms with Crippen LogP contribution in [0.1, 0.15) is 128 Å². The van der Waals surface area contributed by atoms with E-state index in [1.54, 1.807) is 32.3 Å². The van der Waals surface area contributed by atoms with E-state index >= 15 is 0 Å². The Morgan fingerprint density at radius 1 is 0.245 bits per heavy atom. The van der Waals surface area contributed by atoms with E-state index < -0.39 is 218 Å². The average molecular weight is 1520 g/mol. The fraction of sp³-hybridized carbons (Fsp3) is 0.382. The predicted octanol–water partition coefficient (Wildman–Crippen LogP) is 18.4. The second-order valence-corrected chi connectivity index (χ2v) is 37.0. The van der Waals surface area contributed by atoms with Crippen molar-refractivity contribution in [1.29, 1.82) is 0 Å². The van der Waals surface area contributed by atoms with Crippen LogP contribution in [0.2, 0.25) is 0 Å². The summed E-state index contributed by atoms with van der Waals surface area (Å²) < 4.78 is 341. The van der Waals surface area contributed by atoms with Crippen LogP contribution in [0, 0.1) is 0 Å². The molecule has 0 aliphatic carbocycles. The third-order valence-electron chi connectivity index (χ3n) is 16.9. The Labute approximate surface area is 567 Å². The molecule has 7 aromatic carbocycles. The average Bonchev–Trinajstić information content (AvgIpc) is 0.709. The molecular formula is C68H69B2CoF24P3+2. The first-order valence-corrected chi connectivity index (χ1v) is 35.3. The molecule has 0 heterocycles. The SMILES string of the molecule is CC(C)[PH+](c1ccccc1B(c1ccccc1[PH+](C(C)C)C(C)C)c1ccccc1[PH+](C(C)C)C(C)C)C(C)C.FC(F)(F)c1cc([B-](c2cc(C(F)(F)F)cc(C(F)(F)F)c2)(c2cc(C(F)(F)F)cc(C(F)(F)F)c2)c2cc(C(F)(F)F)cc(C(F)(F)F)c2)cc(C(F)(F)F)c1.[Co]. The quantitative estimate of drug-likeness (QED) is 0.0514. The van der Waals surface area contributed by atoms with E-state index in [9.17, 15) is 105 Å². The van der Waals surface area contributed by atoms with Gasteiger partial charge in [-0.3, -0.25) is 0 Å². The molecule has 0 fully saturated rings. The molecule has 0 N–H and O–H groups in total. The molecule has 0 unspecified atom stereocenters. The van der Waals surface area contributed by atoms with Crippen molar-refractivity contribution in [1.82, 2.24) is 0 Å². The zero-order chi connectivity index (χ0) is 73.6. The van der Waals surface area contributed by atoms with Crippen molar-refractivity contribution < 1.29 is 122 Å². The van der Waals surface area contributed by atoms with E-state index in [2.05, 4.69) is 156 Å². The van der Waals surface area contributed by atoms with Gasteiger partial charge in [-0.1, -0.05) is 103 Å². The second kappa shape index (κ2) is 30.8. The summed E-state index contributed by atoms with van der Waals surface area (Å²) in [7, 11) is -2.27. The minimum atomic E-state index is -6.13. The first kappa shape index (κ1) is 83.4. The summed E-state index contributed by atoms with van der Waals surface area (Å²) in [5.74, 6) is 0. The number of hydrogen-bond acceptors (Lipinski definition) is 0. The van der Waals surface area contributed by atoms with Gasteiger partial charge in [0, 0.05) is 40.5 Å². The van der Waals surface area contributed by atoms with Gasteiger partial charge in [0.25, 0.3) is 6.71 Å². The molecule has 0 bridgehead atoms. The van der Waals surface area contributed by atoms with Crippen LogP contribution < -0.4 is 54.2 Å². The minimum Gasteiger partial charge on any atom is -0.194 e. The van der Waals surface area contributed by atoms with Gasteiger partial charge in [-0.15, -0.1) is 0 Å². The van der Waals surface area contributed by atoms with E-state index in [-0.39, 0.29) is 23.5 Å². The Balaban J connectivity index is 0.000000372. The fourth-order valence-electron chi connectivity index (χ4n) is 13.5. The maximum absolute atomic E-state index is 14.2. The molecule has 30 heteroatoms. The Bertz CT molecular complexity index is 3250. The van der Waals surface area contributed by atoms with E-state index in [0.29, 0.717) is 34.0 Å². The molecule has 0 atom stereocenters. The van der Waals surface area contributed by atoms with Gasteiger partial charge in [-0.25, -0.2) is 0 Å². The number of alkyl halides is 24. The minimum absolute atomic E-state index is 0. The van der Waals surface area contributed by atoms with Crippen molar-refractivity contribution in [3.63, 3.8) is 0 Å². The Morgan fingerprint density at radius 3 is 0.520 bits per heavy atom. The molecule has 0 aromatic heterocycles. The van der Waals surface area contributed by atoms with Gasteiger partial charge in [0.05, 0.1) is 94.4 Å². The Morgan fingerprint density at radius 2 is 0.388 bits per heavy atom. The van der Waals surface area contributed by atoms with Crippen molar-refractivity contribution in [2.45, 2.75) is 166 Å². The van der Waals surface area contributed by atoms with Crippen molar-refractivity contribution in [3.05, 3.63) is 190 Å². The summed E-state index contributed by atoms with van der Waals surface area (Å²) in [6, 6.07) is 20.0. The third-order valence-corrected chi connectivity index (χ3v) is 27.6. The molecule has 0 aliphatic rings. The molecule has 0 amide bonds. The summed E-state index contributed by atoms with van der Waals surface area (Å²) in [6.07, 6.45) is -54.8. The number of benzene rings is 7. The van der Waals surface area contributed by atoms with Crippen LogP contribution >= 0.6 is 23.8 Å². The molecule has 1 radical (unpaired) electrons. The van der Waals surface area contributed by atoms with Crippen LogP contribution in [0.15, 0.2) is 146 Å². The molecule has 0 nitrogen and oxygen atoms in total. The fourth-order valence-corrected chi connectivity index (χ4v) is 23.8. The standard InChI is InChI=1S/C36H54BP3.C32H12BF24.Co/c1-25(2)38(26(3)4)34-22-16-13-19-31(34)37(32-20-14-17-23-35(32)39(27(5)6)28(7)8)33-21-15-18-24-36(33)40(29(9)10)30(11)12;34-25(35,36)13-1-14(26(37,38)39)6-21(5-13)33(22-7-15(27(40,41)42)2-16(8-22)28(43,44)45,23-9-17(29(46,47)48)3-18(10-23)30(49,50)51)24-11-19(31(52,53)54)4-20(12-24)32(55,56)57;/h13-30H,1-12H3;1-12H;/q;-1;/p+3. The van der Waals surface area contributed by atoms with Gasteiger partial charge in [0.15, 0.2) is 0 Å². The molecule has 0 saturated heterocycles. The van der Waals surface area contributed by atoms with Gasteiger partial charge in [0.1, 0.15) is 6.15 Å². The first-order valence-electron chi connectivity index (χ1n) is 30.4. The molecule has 7 rings (SSSR count). The van der Waals surface area contributed by atoms with Crippen LogP contribution in [0.25, 0.3) is 0 Å². The largest absolute Gasteiger partial charge is 0.416 e. The summed E-state index contributed by atoms with van der Waals surface area (Å²) in [5.41, 5.74) is -21.4. The maximum atomic E-state index is 14.2. The number of rotatable bonds is 16. The number of hydrogen-bond donors (Lipinski definition) is 0. The van der Waals surface area contributed by atoms with Gasteiger partial charge >= 0.3 is 49.4 Å². The van der Waals surface area contributed by atoms with Crippen LogP contribution in [-0.2, 0) is 66.2 Å². The summed E-state index contributed by atoms with van der Waals surface area (Å²) in [6.45, 7) is 29.8. The summed E-state index contributed by atoms with van der Waals surface area (Å²) >= 11 is 0. The molecule has 0 aliphatic heterocycles. The number of halogens is 24. The maximum Gasteiger partial charge on any atom is 0.416 e. The first-order chi connectivity index (χ1) is 44.1. The zero-order valence-electron chi connectivity index (χ0n) is 54.4. The van der Waals surface area contributed by atoms with E-state index in [1.807, 2.05) is 0 Å². The second-order valence-electron chi connectivity index (χ2n) is 25.7. The van der Waals surface area contributed by atoms with Crippen molar-refractivity contribution in [2.75, 3.05) is 0 Å². The Hall–Kier alpha value is -5.21. The van der Waals surface area contributed by atoms with Gasteiger partial charge in [-0.2, -0.15) is 127 Å². The Kier molecular flexibility index (Phi) is 26.2. The van der Waals surface area contributed by atoms with Crippen molar-refractivity contribution in [3.8, 4) is 0 Å². The summed E-state index contributed by atoms with van der Waals surface area (Å²) in [5, 5.41) is 4.95. The van der Waals surface area contributed by atoms with E-state index in [1.165, 1.54) is 0 Å². The molecule has 98 heavy (non-hydrogen) atoms. The van der Waals surface area contributed by atoms with Gasteiger partial charge in [-0.05, 0) is 142 Å². The molecule has 7 aromatic rings. The molecular weight excluding hydrogens is 1450 g/mol. The van der Waals surface area contributed by atoms with Crippen LogP contribution in [-0.4, -0.2) is 46.8 Å². The molecule has 0 saturated carbocycles. The van der Waals surface area contributed by atoms with Gasteiger partial charge < -0.3 is 0 Å². The predicted molar refractivity (Wildman–Crippen MR) is 349 cm³/mol. The summed E-state index contributed by atoms with van der Waals surface area (Å²) in [4.78, 5) is 0. The van der Waals surface area contributed by atoms with E-state index in [4.69, 9.17) is 0 Å². The van der Waals surface area contributed by atoms with Gasteiger partial charge in [0.2, 0.25) is 0 Å². The smallest absolute Gasteiger partial charge is 0.194 e. The molecule has 0 spiro atoms. The van der Waals surface area contributed by atoms with Crippen molar-refractivity contribution in [2.24, 2.45) is 0 Å². The van der Waals surface area contributed by atoms with Crippen molar-refractivity contribution >= 4 is 90.8 Å². The molecule has 537 valence electrons. The van der Waals surface area contributed by atoms with E-state index in [0.717, 1.165) is 0 Å². The monoisotopic (exact) mass is 1520 g/mol.